The van der Waals surface area contributed by atoms with Crippen LogP contribution < -0.4 is 15.4 Å². The van der Waals surface area contributed by atoms with Crippen LogP contribution in [-0.2, 0) is 14.3 Å². The van der Waals surface area contributed by atoms with Crippen LogP contribution in [-0.4, -0.2) is 41.8 Å². The van der Waals surface area contributed by atoms with Gasteiger partial charge in [0.1, 0.15) is 17.6 Å². The third kappa shape index (κ3) is 3.85. The number of benzene rings is 2. The van der Waals surface area contributed by atoms with Crippen LogP contribution in [0, 0.1) is 0 Å². The van der Waals surface area contributed by atoms with Crippen molar-refractivity contribution in [1.82, 2.24) is 9.78 Å². The van der Waals surface area contributed by atoms with E-state index in [0.29, 0.717) is 22.8 Å². The zero-order valence-electron chi connectivity index (χ0n) is 16.9. The maximum absolute atomic E-state index is 13.0. The molecule has 158 valence electrons. The molecule has 0 fully saturated rings. The lowest BCUT2D eigenvalue weighted by molar-refractivity contribution is -0.125. The molecule has 3 aromatic rings. The van der Waals surface area contributed by atoms with E-state index in [0.717, 1.165) is 5.56 Å². The van der Waals surface area contributed by atoms with Gasteiger partial charge in [-0.2, -0.15) is 5.10 Å². The molecule has 2 N–H and O–H groups in total. The molecule has 9 heteroatoms. The van der Waals surface area contributed by atoms with Crippen LogP contribution in [0.3, 0.4) is 0 Å². The maximum atomic E-state index is 13.0. The van der Waals surface area contributed by atoms with Gasteiger partial charge in [0.2, 0.25) is 11.8 Å². The van der Waals surface area contributed by atoms with Crippen LogP contribution in [0.15, 0.2) is 54.7 Å². The van der Waals surface area contributed by atoms with Crippen LogP contribution in [0.1, 0.15) is 22.8 Å². The standard InChI is InChI=1S/C22H20N4O5/c1-30-14-9-7-13(8-10-14)16-12-23-26-18(11-19(27)25-20(16)26)21(28)24-17-6-4-3-5-15(17)22(29)31-2/h3-10,12,18H,11H2,1-2H3,(H,24,28)(H,25,27). The first-order valence-corrected chi connectivity index (χ1v) is 9.51. The maximum Gasteiger partial charge on any atom is 0.339 e. The highest BCUT2D eigenvalue weighted by Gasteiger charge is 2.33. The minimum Gasteiger partial charge on any atom is -0.497 e. The number of hydrogen-bond acceptors (Lipinski definition) is 6. The van der Waals surface area contributed by atoms with Gasteiger partial charge >= 0.3 is 5.97 Å². The number of para-hydroxylation sites is 1. The third-order valence-corrected chi connectivity index (χ3v) is 5.02. The highest BCUT2D eigenvalue weighted by molar-refractivity contribution is 6.05. The second-order valence-corrected chi connectivity index (χ2v) is 6.87. The summed E-state index contributed by atoms with van der Waals surface area (Å²) in [5.41, 5.74) is 2.02. The molecule has 1 atom stereocenters. The van der Waals surface area contributed by atoms with Gasteiger partial charge in [0.15, 0.2) is 0 Å². The Labute approximate surface area is 178 Å². The molecule has 0 bridgehead atoms. The summed E-state index contributed by atoms with van der Waals surface area (Å²) >= 11 is 0. The van der Waals surface area contributed by atoms with E-state index in [1.165, 1.54) is 11.8 Å². The summed E-state index contributed by atoms with van der Waals surface area (Å²) in [6.07, 6.45) is 1.52. The normalized spacial score (nSPS) is 14.9. The molecule has 1 aromatic heterocycles. The highest BCUT2D eigenvalue weighted by atomic mass is 16.5. The molecule has 2 heterocycles. The molecule has 9 nitrogen and oxygen atoms in total. The first-order chi connectivity index (χ1) is 15.0. The molecular formula is C22H20N4O5. The summed E-state index contributed by atoms with van der Waals surface area (Å²) in [6, 6.07) is 12.9. The van der Waals surface area contributed by atoms with Crippen molar-refractivity contribution >= 4 is 29.3 Å². The lowest BCUT2D eigenvalue weighted by Gasteiger charge is -2.25. The summed E-state index contributed by atoms with van der Waals surface area (Å²) in [4.78, 5) is 37.4. The van der Waals surface area contributed by atoms with Crippen molar-refractivity contribution in [2.24, 2.45) is 0 Å². The Morgan fingerprint density at radius 2 is 1.87 bits per heavy atom. The predicted molar refractivity (Wildman–Crippen MR) is 113 cm³/mol. The van der Waals surface area contributed by atoms with Gasteiger partial charge in [0, 0.05) is 5.56 Å². The Morgan fingerprint density at radius 3 is 2.58 bits per heavy atom. The number of fused-ring (bicyclic) bond motifs is 1. The van der Waals surface area contributed by atoms with Gasteiger partial charge in [-0.15, -0.1) is 0 Å². The van der Waals surface area contributed by atoms with Crippen LogP contribution >= 0.6 is 0 Å². The van der Waals surface area contributed by atoms with Gasteiger partial charge in [0.05, 0.1) is 38.1 Å². The molecule has 2 amide bonds. The zero-order chi connectivity index (χ0) is 22.0. The van der Waals surface area contributed by atoms with Gasteiger partial charge in [-0.3, -0.25) is 9.59 Å². The average Bonchev–Trinajstić information content (AvgIpc) is 3.22. The number of methoxy groups -OCH3 is 2. The van der Waals surface area contributed by atoms with E-state index in [2.05, 4.69) is 15.7 Å². The molecule has 0 aliphatic carbocycles. The number of aromatic nitrogens is 2. The molecule has 2 aromatic carbocycles. The number of esters is 1. The molecule has 0 saturated carbocycles. The monoisotopic (exact) mass is 420 g/mol. The van der Waals surface area contributed by atoms with Gasteiger partial charge < -0.3 is 20.1 Å². The van der Waals surface area contributed by atoms with Crippen molar-refractivity contribution in [2.45, 2.75) is 12.5 Å². The number of anilines is 2. The van der Waals surface area contributed by atoms with Crippen molar-refractivity contribution in [1.29, 1.82) is 0 Å². The molecule has 1 aliphatic rings. The smallest absolute Gasteiger partial charge is 0.339 e. The minimum absolute atomic E-state index is 0.0804. The quantitative estimate of drug-likeness (QED) is 0.614. The Balaban J connectivity index is 1.65. The molecule has 1 unspecified atom stereocenters. The second kappa shape index (κ2) is 8.31. The number of rotatable bonds is 5. The van der Waals surface area contributed by atoms with Crippen molar-refractivity contribution in [3.8, 4) is 16.9 Å². The number of amides is 2. The molecule has 31 heavy (non-hydrogen) atoms. The third-order valence-electron chi connectivity index (χ3n) is 5.02. The second-order valence-electron chi connectivity index (χ2n) is 6.87. The Kier molecular flexibility index (Phi) is 5.40. The lowest BCUT2D eigenvalue weighted by Crippen LogP contribution is -2.36. The van der Waals surface area contributed by atoms with Crippen LogP contribution in [0.4, 0.5) is 11.5 Å². The summed E-state index contributed by atoms with van der Waals surface area (Å²) in [5.74, 6) is -0.196. The summed E-state index contributed by atoms with van der Waals surface area (Å²) in [5, 5.41) is 9.87. The lowest BCUT2D eigenvalue weighted by atomic mass is 10.1. The van der Waals surface area contributed by atoms with Crippen molar-refractivity contribution in [3.05, 3.63) is 60.3 Å². The van der Waals surface area contributed by atoms with E-state index in [1.54, 1.807) is 49.7 Å². The van der Waals surface area contributed by atoms with Crippen molar-refractivity contribution < 1.29 is 23.9 Å². The van der Waals surface area contributed by atoms with Gasteiger partial charge in [-0.25, -0.2) is 9.48 Å². The molecule has 0 spiro atoms. The van der Waals surface area contributed by atoms with E-state index < -0.39 is 17.9 Å². The number of carbonyl (C=O) groups excluding carboxylic acids is 3. The number of nitrogens with zero attached hydrogens (tertiary/aromatic N) is 2. The van der Waals surface area contributed by atoms with Gasteiger partial charge in [0.25, 0.3) is 0 Å². The summed E-state index contributed by atoms with van der Waals surface area (Å²) in [6.45, 7) is 0. The summed E-state index contributed by atoms with van der Waals surface area (Å²) < 4.78 is 11.4. The highest BCUT2D eigenvalue weighted by Crippen LogP contribution is 2.35. The topological polar surface area (TPSA) is 112 Å². The first kappa shape index (κ1) is 20.1. The Morgan fingerprint density at radius 1 is 1.13 bits per heavy atom. The largest absolute Gasteiger partial charge is 0.497 e. The van der Waals surface area contributed by atoms with E-state index in [-0.39, 0.29) is 17.9 Å². The molecule has 0 radical (unpaired) electrons. The average molecular weight is 420 g/mol. The molecule has 4 rings (SSSR count). The first-order valence-electron chi connectivity index (χ1n) is 9.51. The van der Waals surface area contributed by atoms with E-state index in [4.69, 9.17) is 9.47 Å². The molecule has 1 aliphatic heterocycles. The van der Waals surface area contributed by atoms with Crippen LogP contribution in [0.5, 0.6) is 5.75 Å². The SMILES string of the molecule is COC(=O)c1ccccc1NC(=O)C1CC(=O)Nc2c(-c3ccc(OC)cc3)cnn21. The van der Waals surface area contributed by atoms with E-state index in [1.807, 2.05) is 12.1 Å². The van der Waals surface area contributed by atoms with E-state index >= 15 is 0 Å². The number of hydrogen-bond donors (Lipinski definition) is 2. The number of carbonyl (C=O) groups is 3. The Hall–Kier alpha value is -4.14. The van der Waals surface area contributed by atoms with E-state index in [9.17, 15) is 14.4 Å². The Bertz CT molecular complexity index is 1150. The molecule has 0 saturated heterocycles. The van der Waals surface area contributed by atoms with Gasteiger partial charge in [-0.05, 0) is 29.8 Å². The van der Waals surface area contributed by atoms with Crippen molar-refractivity contribution in [2.75, 3.05) is 24.9 Å². The number of ether oxygens (including phenoxy) is 2. The predicted octanol–water partition coefficient (Wildman–Crippen LogP) is 2.87. The fourth-order valence-electron chi connectivity index (χ4n) is 3.45. The summed E-state index contributed by atoms with van der Waals surface area (Å²) in [7, 11) is 2.85. The van der Waals surface area contributed by atoms with Gasteiger partial charge in [-0.1, -0.05) is 24.3 Å². The zero-order valence-corrected chi connectivity index (χ0v) is 16.9. The number of nitrogens with one attached hydrogen (secondary N) is 2. The molecular weight excluding hydrogens is 400 g/mol. The van der Waals surface area contributed by atoms with Crippen molar-refractivity contribution in [3.63, 3.8) is 0 Å². The van der Waals surface area contributed by atoms with Crippen LogP contribution in [0.25, 0.3) is 11.1 Å². The van der Waals surface area contributed by atoms with Crippen LogP contribution in [0.2, 0.25) is 0 Å². The fourth-order valence-corrected chi connectivity index (χ4v) is 3.45. The fraction of sp³-hybridized carbons (Fsp3) is 0.182. The minimum atomic E-state index is -0.874.